The predicted octanol–water partition coefficient (Wildman–Crippen LogP) is 1.78. The largest absolute Gasteiger partial charge is 0.486 e. The highest BCUT2D eigenvalue weighted by atomic mass is 19.1. The standard InChI is InChI=1S/C13H19F2N3O2/c1-13(2,18(3)4)7-20-11-9(14)5-8(6-10(11)15)12(16)17-19/h5-6,19H,7H2,1-4H3,(H2,16,17). The average molecular weight is 287 g/mol. The molecule has 0 unspecified atom stereocenters. The van der Waals surface area contributed by atoms with Gasteiger partial charge in [0, 0.05) is 11.1 Å². The summed E-state index contributed by atoms with van der Waals surface area (Å²) in [5.41, 5.74) is 4.84. The van der Waals surface area contributed by atoms with E-state index in [1.165, 1.54) is 0 Å². The number of benzene rings is 1. The molecule has 0 heterocycles. The first kappa shape index (κ1) is 16.2. The van der Waals surface area contributed by atoms with Crippen molar-refractivity contribution in [2.75, 3.05) is 20.7 Å². The number of nitrogens with zero attached hydrogens (tertiary/aromatic N) is 2. The smallest absolute Gasteiger partial charge is 0.190 e. The summed E-state index contributed by atoms with van der Waals surface area (Å²) in [7, 11) is 3.69. The fourth-order valence-corrected chi connectivity index (χ4v) is 1.28. The molecule has 0 bridgehead atoms. The summed E-state index contributed by atoms with van der Waals surface area (Å²) in [6.07, 6.45) is 0. The first-order valence-electron chi connectivity index (χ1n) is 5.96. The number of likely N-dealkylation sites (N-methyl/N-ethyl adjacent to an activating group) is 1. The Morgan fingerprint density at radius 1 is 1.35 bits per heavy atom. The fourth-order valence-electron chi connectivity index (χ4n) is 1.28. The van der Waals surface area contributed by atoms with E-state index >= 15 is 0 Å². The summed E-state index contributed by atoms with van der Waals surface area (Å²) in [6, 6.07) is 1.91. The van der Waals surface area contributed by atoms with Crippen molar-refractivity contribution in [2.24, 2.45) is 10.9 Å². The molecule has 0 aliphatic carbocycles. The van der Waals surface area contributed by atoms with Gasteiger partial charge in [0.1, 0.15) is 6.61 Å². The summed E-state index contributed by atoms with van der Waals surface area (Å²) < 4.78 is 32.9. The van der Waals surface area contributed by atoms with Crippen LogP contribution in [0.3, 0.4) is 0 Å². The van der Waals surface area contributed by atoms with Crippen LogP contribution < -0.4 is 10.5 Å². The minimum absolute atomic E-state index is 0.0540. The van der Waals surface area contributed by atoms with Gasteiger partial charge in [-0.25, -0.2) is 8.78 Å². The van der Waals surface area contributed by atoms with E-state index in [2.05, 4.69) is 5.16 Å². The van der Waals surface area contributed by atoms with E-state index in [-0.39, 0.29) is 23.5 Å². The van der Waals surface area contributed by atoms with Crippen molar-refractivity contribution in [3.8, 4) is 5.75 Å². The van der Waals surface area contributed by atoms with E-state index in [1.807, 2.05) is 32.8 Å². The normalized spacial score (nSPS) is 12.8. The van der Waals surface area contributed by atoms with Gasteiger partial charge in [-0.15, -0.1) is 0 Å². The van der Waals surface area contributed by atoms with Gasteiger partial charge in [-0.3, -0.25) is 0 Å². The third-order valence-electron chi connectivity index (χ3n) is 3.18. The summed E-state index contributed by atoms with van der Waals surface area (Å²) in [5, 5.41) is 11.2. The first-order chi connectivity index (χ1) is 9.19. The minimum atomic E-state index is -0.902. The topological polar surface area (TPSA) is 71.1 Å². The van der Waals surface area contributed by atoms with Crippen LogP contribution in [0, 0.1) is 11.6 Å². The zero-order valence-electron chi connectivity index (χ0n) is 11.9. The number of oxime groups is 1. The molecule has 0 aromatic heterocycles. The fraction of sp³-hybridized carbons (Fsp3) is 0.462. The lowest BCUT2D eigenvalue weighted by Gasteiger charge is -2.32. The van der Waals surface area contributed by atoms with Crippen LogP contribution in [0.2, 0.25) is 0 Å². The van der Waals surface area contributed by atoms with Crippen LogP contribution in [-0.4, -0.2) is 42.2 Å². The van der Waals surface area contributed by atoms with E-state index < -0.39 is 17.4 Å². The minimum Gasteiger partial charge on any atom is -0.486 e. The van der Waals surface area contributed by atoms with Crippen molar-refractivity contribution in [1.82, 2.24) is 4.90 Å². The molecular formula is C13H19F2N3O2. The molecule has 1 aromatic rings. The molecule has 0 atom stereocenters. The molecule has 0 spiro atoms. The van der Waals surface area contributed by atoms with Crippen LogP contribution in [0.25, 0.3) is 0 Å². The Labute approximate surface area is 116 Å². The van der Waals surface area contributed by atoms with Crippen molar-refractivity contribution in [2.45, 2.75) is 19.4 Å². The maximum Gasteiger partial charge on any atom is 0.190 e. The van der Waals surface area contributed by atoms with Crippen molar-refractivity contribution >= 4 is 5.84 Å². The zero-order chi connectivity index (χ0) is 15.5. The molecule has 3 N–H and O–H groups in total. The third-order valence-corrected chi connectivity index (χ3v) is 3.18. The number of hydrogen-bond donors (Lipinski definition) is 2. The number of halogens is 2. The van der Waals surface area contributed by atoms with Crippen molar-refractivity contribution < 1.29 is 18.7 Å². The summed E-state index contributed by atoms with van der Waals surface area (Å²) in [6.45, 7) is 3.87. The molecule has 0 radical (unpaired) electrons. The van der Waals surface area contributed by atoms with Crippen LogP contribution >= 0.6 is 0 Å². The molecule has 0 fully saturated rings. The van der Waals surface area contributed by atoms with Gasteiger partial charge < -0.3 is 20.6 Å². The van der Waals surface area contributed by atoms with Gasteiger partial charge in [0.25, 0.3) is 0 Å². The van der Waals surface area contributed by atoms with Gasteiger partial charge in [0.05, 0.1) is 0 Å². The molecule has 0 aliphatic heterocycles. The number of amidine groups is 1. The molecule has 0 saturated carbocycles. The zero-order valence-corrected chi connectivity index (χ0v) is 11.9. The molecular weight excluding hydrogens is 268 g/mol. The maximum atomic E-state index is 13.8. The summed E-state index contributed by atoms with van der Waals surface area (Å²) in [5.74, 6) is -2.65. The second-order valence-electron chi connectivity index (χ2n) is 5.25. The lowest BCUT2D eigenvalue weighted by molar-refractivity contribution is 0.108. The van der Waals surface area contributed by atoms with Crippen molar-refractivity contribution in [3.63, 3.8) is 0 Å². The number of nitrogens with two attached hydrogens (primary N) is 1. The second kappa shape index (κ2) is 6.04. The Bertz CT molecular complexity index is 493. The van der Waals surface area contributed by atoms with Crippen LogP contribution in [0.1, 0.15) is 19.4 Å². The Kier molecular flexibility index (Phi) is 4.88. The quantitative estimate of drug-likeness (QED) is 0.375. The highest BCUT2D eigenvalue weighted by molar-refractivity contribution is 5.97. The molecule has 0 aliphatic rings. The lowest BCUT2D eigenvalue weighted by atomic mass is 10.1. The van der Waals surface area contributed by atoms with E-state index in [0.29, 0.717) is 0 Å². The SMILES string of the molecule is CN(C)C(C)(C)COc1c(F)cc(C(N)=NO)cc1F. The molecule has 1 rings (SSSR count). The predicted molar refractivity (Wildman–Crippen MR) is 72.1 cm³/mol. The van der Waals surface area contributed by atoms with Crippen LogP contribution in [0.5, 0.6) is 5.75 Å². The molecule has 0 amide bonds. The number of hydrogen-bond acceptors (Lipinski definition) is 4. The van der Waals surface area contributed by atoms with Crippen LogP contribution in [-0.2, 0) is 0 Å². The molecule has 20 heavy (non-hydrogen) atoms. The second-order valence-corrected chi connectivity index (χ2v) is 5.25. The lowest BCUT2D eigenvalue weighted by Crippen LogP contribution is -2.43. The molecule has 5 nitrogen and oxygen atoms in total. The maximum absolute atomic E-state index is 13.8. The van der Waals surface area contributed by atoms with Gasteiger partial charge in [0.2, 0.25) is 0 Å². The Balaban J connectivity index is 2.98. The Morgan fingerprint density at radius 3 is 2.25 bits per heavy atom. The molecule has 112 valence electrons. The first-order valence-corrected chi connectivity index (χ1v) is 5.96. The monoisotopic (exact) mass is 287 g/mol. The highest BCUT2D eigenvalue weighted by Crippen LogP contribution is 2.25. The van der Waals surface area contributed by atoms with E-state index in [4.69, 9.17) is 15.7 Å². The average Bonchev–Trinajstić information content (AvgIpc) is 2.36. The number of rotatable bonds is 5. The molecule has 1 aromatic carbocycles. The Hall–Kier alpha value is -1.89. The molecule has 7 heteroatoms. The van der Waals surface area contributed by atoms with Crippen LogP contribution in [0.4, 0.5) is 8.78 Å². The summed E-state index contributed by atoms with van der Waals surface area (Å²) in [4.78, 5) is 1.88. The van der Waals surface area contributed by atoms with E-state index in [1.54, 1.807) is 0 Å². The summed E-state index contributed by atoms with van der Waals surface area (Å²) >= 11 is 0. The number of ether oxygens (including phenoxy) is 1. The van der Waals surface area contributed by atoms with Gasteiger partial charge in [-0.1, -0.05) is 5.16 Å². The van der Waals surface area contributed by atoms with E-state index in [0.717, 1.165) is 12.1 Å². The van der Waals surface area contributed by atoms with Gasteiger partial charge in [-0.05, 0) is 40.1 Å². The van der Waals surface area contributed by atoms with Crippen molar-refractivity contribution in [1.29, 1.82) is 0 Å². The molecule has 0 saturated heterocycles. The van der Waals surface area contributed by atoms with Crippen LogP contribution in [0.15, 0.2) is 17.3 Å². The van der Waals surface area contributed by atoms with E-state index in [9.17, 15) is 8.78 Å². The van der Waals surface area contributed by atoms with Gasteiger partial charge in [-0.2, -0.15) is 0 Å². The Morgan fingerprint density at radius 2 is 1.85 bits per heavy atom. The van der Waals surface area contributed by atoms with Crippen molar-refractivity contribution in [3.05, 3.63) is 29.3 Å². The van der Waals surface area contributed by atoms with Gasteiger partial charge in [0.15, 0.2) is 23.2 Å². The third kappa shape index (κ3) is 3.57. The highest BCUT2D eigenvalue weighted by Gasteiger charge is 2.23. The van der Waals surface area contributed by atoms with Gasteiger partial charge >= 0.3 is 0 Å².